The predicted molar refractivity (Wildman–Crippen MR) is 157 cm³/mol. The van der Waals surface area contributed by atoms with E-state index in [9.17, 15) is 0 Å². The fourth-order valence-corrected chi connectivity index (χ4v) is 5.67. The van der Waals surface area contributed by atoms with E-state index in [1.165, 1.54) is 44.6 Å². The first-order valence-corrected chi connectivity index (χ1v) is 13.1. The van der Waals surface area contributed by atoms with E-state index in [1.54, 1.807) is 0 Å². The van der Waals surface area contributed by atoms with Crippen molar-refractivity contribution in [1.82, 2.24) is 0 Å². The molecule has 0 spiro atoms. The minimum absolute atomic E-state index is 0.0410. The molecule has 6 rings (SSSR count). The van der Waals surface area contributed by atoms with Crippen LogP contribution in [0.4, 0.5) is 17.1 Å². The maximum Gasteiger partial charge on any atom is 0.0465 e. The van der Waals surface area contributed by atoms with Gasteiger partial charge in [-0.2, -0.15) is 12.6 Å². The van der Waals surface area contributed by atoms with Crippen molar-refractivity contribution in [2.45, 2.75) is 25.0 Å². The summed E-state index contributed by atoms with van der Waals surface area (Å²) in [5.41, 5.74) is 12.5. The van der Waals surface area contributed by atoms with Crippen molar-refractivity contribution < 1.29 is 0 Å². The molecule has 36 heavy (non-hydrogen) atoms. The molecule has 5 aromatic carbocycles. The Bertz CT molecular complexity index is 1520. The molecule has 0 fully saturated rings. The van der Waals surface area contributed by atoms with E-state index in [0.717, 1.165) is 17.1 Å². The number of rotatable bonds is 5. The van der Waals surface area contributed by atoms with Gasteiger partial charge in [0.15, 0.2) is 0 Å². The predicted octanol–water partition coefficient (Wildman–Crippen LogP) is 9.56. The van der Waals surface area contributed by atoms with Crippen LogP contribution in [0.3, 0.4) is 0 Å². The molecule has 0 aliphatic heterocycles. The standard InChI is InChI=1S/C34H29NS/c1-34(2)32-11-7-6-10-30(32)31-21-20-29(22-33(31)34)35(27-16-12-24(23-36)13-17-27)28-18-14-26(15-19-28)25-8-4-3-5-9-25/h3-22,36H,23H2,1-2H3. The molecule has 176 valence electrons. The van der Waals surface area contributed by atoms with Crippen molar-refractivity contribution in [1.29, 1.82) is 0 Å². The largest absolute Gasteiger partial charge is 0.310 e. The summed E-state index contributed by atoms with van der Waals surface area (Å²) in [5.74, 6) is 0.733. The summed E-state index contributed by atoms with van der Waals surface area (Å²) in [6.07, 6.45) is 0. The topological polar surface area (TPSA) is 3.24 Å². The van der Waals surface area contributed by atoms with Gasteiger partial charge in [0.2, 0.25) is 0 Å². The van der Waals surface area contributed by atoms with Crippen LogP contribution in [0.15, 0.2) is 121 Å². The van der Waals surface area contributed by atoms with Crippen LogP contribution >= 0.6 is 12.6 Å². The van der Waals surface area contributed by atoms with Gasteiger partial charge in [-0.05, 0) is 75.3 Å². The highest BCUT2D eigenvalue weighted by molar-refractivity contribution is 7.79. The second-order valence-electron chi connectivity index (χ2n) is 9.97. The molecule has 0 amide bonds. The van der Waals surface area contributed by atoms with Crippen LogP contribution in [0.5, 0.6) is 0 Å². The second kappa shape index (κ2) is 9.04. The molecule has 0 saturated heterocycles. The van der Waals surface area contributed by atoms with Gasteiger partial charge < -0.3 is 4.90 Å². The average Bonchev–Trinajstić information content (AvgIpc) is 3.16. The van der Waals surface area contributed by atoms with Crippen molar-refractivity contribution in [2.24, 2.45) is 0 Å². The molecule has 5 aromatic rings. The van der Waals surface area contributed by atoms with Gasteiger partial charge >= 0.3 is 0 Å². The van der Waals surface area contributed by atoms with Crippen LogP contribution in [0.2, 0.25) is 0 Å². The summed E-state index contributed by atoms with van der Waals surface area (Å²) in [6.45, 7) is 4.67. The summed E-state index contributed by atoms with van der Waals surface area (Å²) in [7, 11) is 0. The quantitative estimate of drug-likeness (QED) is 0.244. The Kier molecular flexibility index (Phi) is 5.70. The number of thiol groups is 1. The molecular formula is C34H29NS. The number of fused-ring (bicyclic) bond motifs is 3. The van der Waals surface area contributed by atoms with Gasteiger partial charge in [-0.1, -0.05) is 98.8 Å². The van der Waals surface area contributed by atoms with Crippen LogP contribution in [0.1, 0.15) is 30.5 Å². The van der Waals surface area contributed by atoms with Crippen LogP contribution < -0.4 is 4.90 Å². The van der Waals surface area contributed by atoms with Crippen molar-refractivity contribution in [2.75, 3.05) is 4.90 Å². The van der Waals surface area contributed by atoms with E-state index in [0.29, 0.717) is 0 Å². The summed E-state index contributed by atoms with van der Waals surface area (Å²) in [4.78, 5) is 2.36. The van der Waals surface area contributed by atoms with Crippen LogP contribution in [-0.4, -0.2) is 0 Å². The van der Waals surface area contributed by atoms with Crippen LogP contribution in [0, 0.1) is 0 Å². The second-order valence-corrected chi connectivity index (χ2v) is 10.3. The van der Waals surface area contributed by atoms with Crippen molar-refractivity contribution >= 4 is 29.7 Å². The van der Waals surface area contributed by atoms with E-state index in [4.69, 9.17) is 0 Å². The fraction of sp³-hybridized carbons (Fsp3) is 0.118. The Balaban J connectivity index is 1.47. The van der Waals surface area contributed by atoms with Gasteiger partial charge in [0.25, 0.3) is 0 Å². The lowest BCUT2D eigenvalue weighted by atomic mass is 9.82. The zero-order valence-corrected chi connectivity index (χ0v) is 21.5. The third-order valence-electron chi connectivity index (χ3n) is 7.44. The minimum Gasteiger partial charge on any atom is -0.310 e. The van der Waals surface area contributed by atoms with Gasteiger partial charge in [-0.15, -0.1) is 0 Å². The molecule has 1 aliphatic rings. The monoisotopic (exact) mass is 483 g/mol. The molecule has 0 saturated carbocycles. The number of hydrogen-bond donors (Lipinski definition) is 1. The molecule has 0 N–H and O–H groups in total. The molecule has 0 aromatic heterocycles. The summed E-state index contributed by atoms with van der Waals surface area (Å²) < 4.78 is 0. The molecule has 0 heterocycles. The third kappa shape index (κ3) is 3.83. The highest BCUT2D eigenvalue weighted by atomic mass is 32.1. The van der Waals surface area contributed by atoms with E-state index in [1.807, 2.05) is 0 Å². The Labute approximate surface area is 219 Å². The first-order valence-electron chi connectivity index (χ1n) is 12.5. The van der Waals surface area contributed by atoms with E-state index < -0.39 is 0 Å². The molecule has 0 atom stereocenters. The van der Waals surface area contributed by atoms with Crippen molar-refractivity contribution in [3.05, 3.63) is 138 Å². The van der Waals surface area contributed by atoms with Crippen LogP contribution in [-0.2, 0) is 11.2 Å². The molecule has 1 nitrogen and oxygen atoms in total. The highest BCUT2D eigenvalue weighted by Gasteiger charge is 2.35. The molecule has 0 radical (unpaired) electrons. The zero-order valence-electron chi connectivity index (χ0n) is 20.6. The zero-order chi connectivity index (χ0) is 24.7. The van der Waals surface area contributed by atoms with E-state index >= 15 is 0 Å². The first-order chi connectivity index (χ1) is 17.6. The molecule has 0 bridgehead atoms. The SMILES string of the molecule is CC1(C)c2ccccc2-c2ccc(N(c3ccc(CS)cc3)c3ccc(-c4ccccc4)cc3)cc21. The third-order valence-corrected chi connectivity index (χ3v) is 7.80. The molecule has 0 unspecified atom stereocenters. The maximum atomic E-state index is 4.46. The smallest absolute Gasteiger partial charge is 0.0465 e. The van der Waals surface area contributed by atoms with Gasteiger partial charge in [-0.3, -0.25) is 0 Å². The summed E-state index contributed by atoms with van der Waals surface area (Å²) in [5, 5.41) is 0. The lowest BCUT2D eigenvalue weighted by Crippen LogP contribution is -2.16. The van der Waals surface area contributed by atoms with Crippen molar-refractivity contribution in [3.8, 4) is 22.3 Å². The van der Waals surface area contributed by atoms with Crippen molar-refractivity contribution in [3.63, 3.8) is 0 Å². The van der Waals surface area contributed by atoms with Gasteiger partial charge in [0.05, 0.1) is 0 Å². The summed E-state index contributed by atoms with van der Waals surface area (Å²) >= 11 is 4.46. The van der Waals surface area contributed by atoms with E-state index in [2.05, 4.69) is 153 Å². The number of anilines is 3. The normalized spacial score (nSPS) is 13.2. The van der Waals surface area contributed by atoms with Gasteiger partial charge in [0.1, 0.15) is 0 Å². The maximum absolute atomic E-state index is 4.46. The van der Waals surface area contributed by atoms with Gasteiger partial charge in [-0.25, -0.2) is 0 Å². The fourth-order valence-electron chi connectivity index (χ4n) is 5.46. The van der Waals surface area contributed by atoms with Crippen LogP contribution in [0.25, 0.3) is 22.3 Å². The lowest BCUT2D eigenvalue weighted by molar-refractivity contribution is 0.660. The number of hydrogen-bond acceptors (Lipinski definition) is 2. The Hall–Kier alpha value is -3.75. The van der Waals surface area contributed by atoms with Gasteiger partial charge in [0, 0.05) is 28.2 Å². The first kappa shape index (κ1) is 22.7. The molecule has 1 aliphatic carbocycles. The Morgan fingerprint density at radius 2 is 1.11 bits per heavy atom. The number of nitrogens with zero attached hydrogens (tertiary/aromatic N) is 1. The molecule has 2 heteroatoms. The lowest BCUT2D eigenvalue weighted by Gasteiger charge is -2.28. The summed E-state index contributed by atoms with van der Waals surface area (Å²) in [6, 6.07) is 43.9. The molecular weight excluding hydrogens is 454 g/mol. The number of benzene rings is 5. The Morgan fingerprint density at radius 3 is 1.81 bits per heavy atom. The Morgan fingerprint density at radius 1 is 0.556 bits per heavy atom. The van der Waals surface area contributed by atoms with E-state index in [-0.39, 0.29) is 5.41 Å². The highest BCUT2D eigenvalue weighted by Crippen LogP contribution is 2.50. The minimum atomic E-state index is -0.0410. The average molecular weight is 484 g/mol.